The standard InChI is InChI=1S/C11H15N5.2C2H6/c1-7(2)16-6-9(8(3)15-16)10-4-5-13-11(12)14-10;2*1-2/h4-7H,1-3H3,(H2,12,13,14);2*1-2H3. The van der Waals surface area contributed by atoms with Crippen molar-refractivity contribution in [3.63, 3.8) is 0 Å². The fourth-order valence-corrected chi connectivity index (χ4v) is 1.52. The number of aromatic nitrogens is 4. The van der Waals surface area contributed by atoms with Crippen molar-refractivity contribution >= 4 is 5.95 Å². The summed E-state index contributed by atoms with van der Waals surface area (Å²) in [6, 6.07) is 2.18. The van der Waals surface area contributed by atoms with E-state index in [1.54, 1.807) is 6.20 Å². The lowest BCUT2D eigenvalue weighted by atomic mass is 10.2. The van der Waals surface area contributed by atoms with E-state index in [1.165, 1.54) is 0 Å². The van der Waals surface area contributed by atoms with Gasteiger partial charge in [-0.25, -0.2) is 9.97 Å². The first kappa shape index (κ1) is 18.1. The van der Waals surface area contributed by atoms with Crippen LogP contribution in [0.3, 0.4) is 0 Å². The van der Waals surface area contributed by atoms with Crippen molar-refractivity contribution in [2.75, 3.05) is 5.73 Å². The van der Waals surface area contributed by atoms with Crippen molar-refractivity contribution in [1.29, 1.82) is 0 Å². The average Bonchev–Trinajstić information content (AvgIpc) is 2.86. The largest absolute Gasteiger partial charge is 0.368 e. The zero-order chi connectivity index (χ0) is 15.7. The molecule has 0 saturated heterocycles. The molecule has 2 rings (SSSR count). The molecule has 5 heteroatoms. The van der Waals surface area contributed by atoms with Crippen molar-refractivity contribution < 1.29 is 0 Å². The summed E-state index contributed by atoms with van der Waals surface area (Å²) in [5, 5.41) is 4.43. The third kappa shape index (κ3) is 4.64. The molecule has 2 N–H and O–H groups in total. The van der Waals surface area contributed by atoms with Crippen LogP contribution >= 0.6 is 0 Å². The summed E-state index contributed by atoms with van der Waals surface area (Å²) < 4.78 is 1.92. The molecule has 5 nitrogen and oxygen atoms in total. The summed E-state index contributed by atoms with van der Waals surface area (Å²) in [6.45, 7) is 14.1. The van der Waals surface area contributed by atoms with E-state index in [2.05, 4.69) is 28.9 Å². The maximum atomic E-state index is 5.56. The van der Waals surface area contributed by atoms with Crippen LogP contribution in [0.15, 0.2) is 18.5 Å². The highest BCUT2D eigenvalue weighted by Gasteiger charge is 2.10. The number of aryl methyl sites for hydroxylation is 1. The fraction of sp³-hybridized carbons (Fsp3) is 0.533. The van der Waals surface area contributed by atoms with Crippen LogP contribution in [0, 0.1) is 6.92 Å². The van der Waals surface area contributed by atoms with E-state index in [4.69, 9.17) is 5.73 Å². The number of hydrogen-bond donors (Lipinski definition) is 1. The van der Waals surface area contributed by atoms with Crippen molar-refractivity contribution in [3.8, 4) is 11.3 Å². The van der Waals surface area contributed by atoms with Gasteiger partial charge in [-0.1, -0.05) is 27.7 Å². The zero-order valence-corrected chi connectivity index (χ0v) is 13.7. The van der Waals surface area contributed by atoms with Crippen LogP contribution in [0.5, 0.6) is 0 Å². The third-order valence-electron chi connectivity index (χ3n) is 2.40. The first-order valence-electron chi connectivity index (χ1n) is 7.22. The van der Waals surface area contributed by atoms with Gasteiger partial charge in [0.15, 0.2) is 0 Å². The van der Waals surface area contributed by atoms with Crippen LogP contribution in [0.2, 0.25) is 0 Å². The monoisotopic (exact) mass is 277 g/mol. The molecule has 0 atom stereocenters. The van der Waals surface area contributed by atoms with Gasteiger partial charge in [0.25, 0.3) is 0 Å². The molecule has 2 aromatic rings. The molecule has 0 amide bonds. The Labute approximate surface area is 122 Å². The molecular weight excluding hydrogens is 250 g/mol. The lowest BCUT2D eigenvalue weighted by Gasteiger charge is -2.02. The maximum absolute atomic E-state index is 5.56. The Bertz CT molecular complexity index is 503. The van der Waals surface area contributed by atoms with Gasteiger partial charge >= 0.3 is 0 Å². The molecule has 0 aliphatic carbocycles. The molecule has 112 valence electrons. The lowest BCUT2D eigenvalue weighted by molar-refractivity contribution is 0.529. The Morgan fingerprint density at radius 3 is 2.20 bits per heavy atom. The zero-order valence-electron chi connectivity index (χ0n) is 13.7. The van der Waals surface area contributed by atoms with Crippen molar-refractivity contribution in [2.45, 2.75) is 54.5 Å². The van der Waals surface area contributed by atoms with Gasteiger partial charge < -0.3 is 5.73 Å². The second-order valence-electron chi connectivity index (χ2n) is 4.00. The molecule has 0 aromatic carbocycles. The van der Waals surface area contributed by atoms with Crippen molar-refractivity contribution in [2.24, 2.45) is 0 Å². The predicted octanol–water partition coefficient (Wildman–Crippen LogP) is 3.86. The van der Waals surface area contributed by atoms with Crippen LogP contribution in [0.4, 0.5) is 5.95 Å². The minimum Gasteiger partial charge on any atom is -0.368 e. The van der Waals surface area contributed by atoms with Gasteiger partial charge in [0.1, 0.15) is 0 Å². The molecule has 2 heterocycles. The molecular formula is C15H27N5. The molecule has 20 heavy (non-hydrogen) atoms. The average molecular weight is 277 g/mol. The van der Waals surface area contributed by atoms with Crippen molar-refractivity contribution in [3.05, 3.63) is 24.2 Å². The van der Waals surface area contributed by atoms with Gasteiger partial charge in [0, 0.05) is 24.0 Å². The smallest absolute Gasteiger partial charge is 0.220 e. The molecule has 0 saturated carbocycles. The summed E-state index contributed by atoms with van der Waals surface area (Å²) in [7, 11) is 0. The number of nitrogens with two attached hydrogens (primary N) is 1. The maximum Gasteiger partial charge on any atom is 0.220 e. The highest BCUT2D eigenvalue weighted by Crippen LogP contribution is 2.21. The molecule has 0 bridgehead atoms. The Morgan fingerprint density at radius 1 is 1.15 bits per heavy atom. The second kappa shape index (κ2) is 9.07. The molecule has 2 aromatic heterocycles. The molecule has 0 aliphatic rings. The van der Waals surface area contributed by atoms with E-state index in [0.29, 0.717) is 6.04 Å². The molecule has 0 radical (unpaired) electrons. The number of nitrogen functional groups attached to an aromatic ring is 1. The Hall–Kier alpha value is -1.91. The van der Waals surface area contributed by atoms with Crippen LogP contribution in [-0.2, 0) is 0 Å². The van der Waals surface area contributed by atoms with Gasteiger partial charge in [-0.3, -0.25) is 4.68 Å². The Morgan fingerprint density at radius 2 is 1.75 bits per heavy atom. The van der Waals surface area contributed by atoms with Gasteiger partial charge in [-0.15, -0.1) is 0 Å². The van der Waals surface area contributed by atoms with E-state index in [-0.39, 0.29) is 5.95 Å². The number of nitrogens with zero attached hydrogens (tertiary/aromatic N) is 4. The predicted molar refractivity (Wildman–Crippen MR) is 85.5 cm³/mol. The summed E-state index contributed by atoms with van der Waals surface area (Å²) in [5.41, 5.74) is 8.33. The van der Waals surface area contributed by atoms with Gasteiger partial charge in [-0.2, -0.15) is 5.10 Å². The second-order valence-corrected chi connectivity index (χ2v) is 4.00. The van der Waals surface area contributed by atoms with Crippen LogP contribution < -0.4 is 5.73 Å². The quantitative estimate of drug-likeness (QED) is 0.904. The topological polar surface area (TPSA) is 69.6 Å². The van der Waals surface area contributed by atoms with Gasteiger partial charge in [-0.05, 0) is 26.8 Å². The number of anilines is 1. The Balaban J connectivity index is 0.000000829. The van der Waals surface area contributed by atoms with Crippen LogP contribution in [0.1, 0.15) is 53.3 Å². The summed E-state index contributed by atoms with van der Waals surface area (Å²) in [5.74, 6) is 0.286. The molecule has 0 unspecified atom stereocenters. The SMILES string of the molecule is CC.CC.Cc1nn(C(C)C)cc1-c1ccnc(N)n1. The normalized spacial score (nSPS) is 9.40. The van der Waals surface area contributed by atoms with Crippen molar-refractivity contribution in [1.82, 2.24) is 19.7 Å². The summed E-state index contributed by atoms with van der Waals surface area (Å²) in [4.78, 5) is 8.07. The lowest BCUT2D eigenvalue weighted by Crippen LogP contribution is -2.00. The van der Waals surface area contributed by atoms with Gasteiger partial charge in [0.05, 0.1) is 11.4 Å². The van der Waals surface area contributed by atoms with E-state index >= 15 is 0 Å². The van der Waals surface area contributed by atoms with Crippen LogP contribution in [-0.4, -0.2) is 19.7 Å². The molecule has 0 spiro atoms. The van der Waals surface area contributed by atoms with E-state index in [9.17, 15) is 0 Å². The highest BCUT2D eigenvalue weighted by atomic mass is 15.3. The molecule has 0 fully saturated rings. The van der Waals surface area contributed by atoms with E-state index in [1.807, 2.05) is 51.6 Å². The fourth-order valence-electron chi connectivity index (χ4n) is 1.52. The minimum absolute atomic E-state index is 0.286. The molecule has 0 aliphatic heterocycles. The first-order valence-corrected chi connectivity index (χ1v) is 7.22. The summed E-state index contributed by atoms with van der Waals surface area (Å²) >= 11 is 0. The third-order valence-corrected chi connectivity index (χ3v) is 2.40. The summed E-state index contributed by atoms with van der Waals surface area (Å²) in [6.07, 6.45) is 3.64. The van der Waals surface area contributed by atoms with Gasteiger partial charge in [0.2, 0.25) is 5.95 Å². The highest BCUT2D eigenvalue weighted by molar-refractivity contribution is 5.61. The van der Waals surface area contributed by atoms with E-state index in [0.717, 1.165) is 17.0 Å². The first-order chi connectivity index (χ1) is 9.58. The van der Waals surface area contributed by atoms with Crippen LogP contribution in [0.25, 0.3) is 11.3 Å². The minimum atomic E-state index is 0.286. The number of rotatable bonds is 2. The van der Waals surface area contributed by atoms with E-state index < -0.39 is 0 Å². The Kier molecular flexibility index (Phi) is 8.20. The number of hydrogen-bond acceptors (Lipinski definition) is 4.